The van der Waals surface area contributed by atoms with Crippen molar-refractivity contribution in [1.82, 2.24) is 4.98 Å². The molecule has 3 aromatic rings. The number of rotatable bonds is 4. The maximum Gasteiger partial charge on any atom is 0.0644 e. The van der Waals surface area contributed by atoms with Crippen molar-refractivity contribution in [1.29, 1.82) is 0 Å². The third-order valence-electron chi connectivity index (χ3n) is 3.66. The van der Waals surface area contributed by atoms with Crippen molar-refractivity contribution >= 4 is 5.71 Å². The van der Waals surface area contributed by atoms with Gasteiger partial charge in [0.2, 0.25) is 0 Å². The van der Waals surface area contributed by atoms with Gasteiger partial charge in [-0.3, -0.25) is 9.98 Å². The van der Waals surface area contributed by atoms with Gasteiger partial charge in [0.15, 0.2) is 0 Å². The lowest BCUT2D eigenvalue weighted by Crippen LogP contribution is -1.96. The first kappa shape index (κ1) is 14.2. The smallest absolute Gasteiger partial charge is 0.0644 e. The van der Waals surface area contributed by atoms with Gasteiger partial charge >= 0.3 is 0 Å². The van der Waals surface area contributed by atoms with E-state index in [-0.39, 0.29) is 0 Å². The van der Waals surface area contributed by atoms with E-state index in [1.54, 1.807) is 12.4 Å². The summed E-state index contributed by atoms with van der Waals surface area (Å²) in [6.07, 6.45) is 3.60. The Balaban J connectivity index is 1.75. The minimum Gasteiger partial charge on any atom is -0.285 e. The predicted octanol–water partition coefficient (Wildman–Crippen LogP) is 4.76. The maximum absolute atomic E-state index is 4.66. The van der Waals surface area contributed by atoms with E-state index in [0.717, 1.165) is 11.3 Å². The monoisotopic (exact) mass is 286 g/mol. The van der Waals surface area contributed by atoms with Crippen LogP contribution in [0.4, 0.5) is 0 Å². The molecule has 0 aliphatic rings. The Bertz CT molecular complexity index is 745. The highest BCUT2D eigenvalue weighted by molar-refractivity contribution is 5.99. The molecule has 1 aromatic heterocycles. The van der Waals surface area contributed by atoms with E-state index in [9.17, 15) is 0 Å². The summed E-state index contributed by atoms with van der Waals surface area (Å²) >= 11 is 0. The fourth-order valence-corrected chi connectivity index (χ4v) is 2.32. The van der Waals surface area contributed by atoms with Crippen molar-refractivity contribution in [2.75, 3.05) is 0 Å². The fraction of sp³-hybridized carbons (Fsp3) is 0.100. The van der Waals surface area contributed by atoms with Gasteiger partial charge in [-0.15, -0.1) is 0 Å². The van der Waals surface area contributed by atoms with Crippen molar-refractivity contribution in [3.63, 3.8) is 0 Å². The lowest BCUT2D eigenvalue weighted by Gasteiger charge is -2.05. The molecule has 0 aliphatic heterocycles. The summed E-state index contributed by atoms with van der Waals surface area (Å²) in [5.74, 6) is 0. The van der Waals surface area contributed by atoms with Crippen molar-refractivity contribution in [3.8, 4) is 11.1 Å². The molecule has 0 saturated heterocycles. The molecule has 2 nitrogen and oxygen atoms in total. The Labute approximate surface area is 131 Å². The number of hydrogen-bond acceptors (Lipinski definition) is 2. The Morgan fingerprint density at radius 2 is 1.45 bits per heavy atom. The van der Waals surface area contributed by atoms with Crippen LogP contribution < -0.4 is 0 Å². The first-order chi connectivity index (χ1) is 10.8. The van der Waals surface area contributed by atoms with E-state index >= 15 is 0 Å². The van der Waals surface area contributed by atoms with E-state index in [1.807, 2.05) is 18.2 Å². The molecular formula is C20H18N2. The molecule has 0 radical (unpaired) electrons. The maximum atomic E-state index is 4.66. The second kappa shape index (κ2) is 6.81. The second-order valence-corrected chi connectivity index (χ2v) is 5.20. The summed E-state index contributed by atoms with van der Waals surface area (Å²) < 4.78 is 0. The SMILES string of the molecule is CC(=NCc1ccncc1)c1ccc(-c2ccccc2)cc1. The molecule has 22 heavy (non-hydrogen) atoms. The lowest BCUT2D eigenvalue weighted by molar-refractivity contribution is 1.05. The average molecular weight is 286 g/mol. The molecule has 108 valence electrons. The van der Waals surface area contributed by atoms with Crippen molar-refractivity contribution in [2.24, 2.45) is 4.99 Å². The molecule has 2 heteroatoms. The molecule has 0 N–H and O–H groups in total. The van der Waals surface area contributed by atoms with Crippen molar-refractivity contribution in [2.45, 2.75) is 13.5 Å². The first-order valence-electron chi connectivity index (χ1n) is 7.39. The number of nitrogens with zero attached hydrogens (tertiary/aromatic N) is 2. The molecule has 0 atom stereocenters. The zero-order chi connectivity index (χ0) is 15.2. The summed E-state index contributed by atoms with van der Waals surface area (Å²) in [6.45, 7) is 2.74. The van der Waals surface area contributed by atoms with Crippen LogP contribution in [0.3, 0.4) is 0 Å². The van der Waals surface area contributed by atoms with Crippen LogP contribution in [0.1, 0.15) is 18.1 Å². The molecule has 0 amide bonds. The summed E-state index contributed by atoms with van der Waals surface area (Å²) in [6, 6.07) is 23.0. The van der Waals surface area contributed by atoms with Gasteiger partial charge in [0.05, 0.1) is 6.54 Å². The van der Waals surface area contributed by atoms with Gasteiger partial charge in [-0.2, -0.15) is 0 Å². The van der Waals surface area contributed by atoms with E-state index in [4.69, 9.17) is 0 Å². The van der Waals surface area contributed by atoms with Gasteiger partial charge in [-0.25, -0.2) is 0 Å². The molecular weight excluding hydrogens is 268 g/mol. The Morgan fingerprint density at radius 1 is 0.818 bits per heavy atom. The van der Waals surface area contributed by atoms with E-state index in [0.29, 0.717) is 6.54 Å². The van der Waals surface area contributed by atoms with Gasteiger partial charge in [0.25, 0.3) is 0 Å². The quantitative estimate of drug-likeness (QED) is 0.635. The standard InChI is InChI=1S/C20H18N2/c1-16(22-15-17-11-13-21-14-12-17)18-7-9-20(10-8-18)19-5-3-2-4-6-19/h2-14H,15H2,1H3. The van der Waals surface area contributed by atoms with E-state index in [1.165, 1.54) is 16.7 Å². The second-order valence-electron chi connectivity index (χ2n) is 5.20. The fourth-order valence-electron chi connectivity index (χ4n) is 2.32. The number of hydrogen-bond donors (Lipinski definition) is 0. The molecule has 0 fully saturated rings. The normalized spacial score (nSPS) is 11.4. The Morgan fingerprint density at radius 3 is 2.14 bits per heavy atom. The molecule has 1 heterocycles. The van der Waals surface area contributed by atoms with Gasteiger partial charge < -0.3 is 0 Å². The van der Waals surface area contributed by atoms with Crippen LogP contribution in [0, 0.1) is 0 Å². The first-order valence-corrected chi connectivity index (χ1v) is 7.39. The predicted molar refractivity (Wildman–Crippen MR) is 92.0 cm³/mol. The van der Waals surface area contributed by atoms with E-state index in [2.05, 4.69) is 65.4 Å². The van der Waals surface area contributed by atoms with Crippen LogP contribution in [-0.2, 0) is 6.54 Å². The summed E-state index contributed by atoms with van der Waals surface area (Å²) in [5, 5.41) is 0. The number of benzene rings is 2. The number of aliphatic imine (C=N–C) groups is 1. The lowest BCUT2D eigenvalue weighted by atomic mass is 10.0. The average Bonchev–Trinajstić information content (AvgIpc) is 2.61. The molecule has 2 aromatic carbocycles. The third kappa shape index (κ3) is 3.47. The molecule has 3 rings (SSSR count). The third-order valence-corrected chi connectivity index (χ3v) is 3.66. The van der Waals surface area contributed by atoms with Crippen LogP contribution in [0.25, 0.3) is 11.1 Å². The summed E-state index contributed by atoms with van der Waals surface area (Å²) in [5.41, 5.74) is 5.85. The molecule has 0 unspecified atom stereocenters. The molecule has 0 spiro atoms. The zero-order valence-electron chi connectivity index (χ0n) is 12.6. The highest BCUT2D eigenvalue weighted by Crippen LogP contribution is 2.19. The minimum atomic E-state index is 0.689. The highest BCUT2D eigenvalue weighted by atomic mass is 14.7. The highest BCUT2D eigenvalue weighted by Gasteiger charge is 2.00. The molecule has 0 bridgehead atoms. The van der Waals surface area contributed by atoms with Crippen LogP contribution in [0.5, 0.6) is 0 Å². The molecule has 0 saturated carbocycles. The van der Waals surface area contributed by atoms with Crippen molar-refractivity contribution < 1.29 is 0 Å². The molecule has 0 aliphatic carbocycles. The summed E-state index contributed by atoms with van der Waals surface area (Å²) in [7, 11) is 0. The van der Waals surface area contributed by atoms with E-state index < -0.39 is 0 Å². The topological polar surface area (TPSA) is 25.2 Å². The minimum absolute atomic E-state index is 0.689. The van der Waals surface area contributed by atoms with Gasteiger partial charge in [0, 0.05) is 18.1 Å². The Kier molecular flexibility index (Phi) is 4.40. The van der Waals surface area contributed by atoms with Crippen LogP contribution >= 0.6 is 0 Å². The zero-order valence-corrected chi connectivity index (χ0v) is 12.6. The van der Waals surface area contributed by atoms with Crippen molar-refractivity contribution in [3.05, 3.63) is 90.3 Å². The number of pyridine rings is 1. The van der Waals surface area contributed by atoms with Crippen LogP contribution in [-0.4, -0.2) is 10.7 Å². The Hall–Kier alpha value is -2.74. The number of aromatic nitrogens is 1. The van der Waals surface area contributed by atoms with Gasteiger partial charge in [0.1, 0.15) is 0 Å². The summed E-state index contributed by atoms with van der Waals surface area (Å²) in [4.78, 5) is 8.68. The van der Waals surface area contributed by atoms with Gasteiger partial charge in [-0.05, 0) is 41.3 Å². The largest absolute Gasteiger partial charge is 0.285 e. The van der Waals surface area contributed by atoms with Gasteiger partial charge in [-0.1, -0.05) is 54.6 Å². The van der Waals surface area contributed by atoms with Crippen LogP contribution in [0.2, 0.25) is 0 Å². The van der Waals surface area contributed by atoms with Crippen LogP contribution in [0.15, 0.2) is 84.1 Å².